The van der Waals surface area contributed by atoms with Crippen LogP contribution in [0.15, 0.2) is 22.5 Å². The Bertz CT molecular complexity index is 451. The first-order valence-corrected chi connectivity index (χ1v) is 9.02. The molecule has 1 aromatic heterocycles. The highest BCUT2D eigenvalue weighted by Crippen LogP contribution is 2.27. The van der Waals surface area contributed by atoms with Crippen LogP contribution in [-0.2, 0) is 6.42 Å². The molecule has 0 bridgehead atoms. The van der Waals surface area contributed by atoms with Gasteiger partial charge in [0.05, 0.1) is 0 Å². The van der Waals surface area contributed by atoms with E-state index in [2.05, 4.69) is 32.7 Å². The van der Waals surface area contributed by atoms with Crippen LogP contribution in [0.4, 0.5) is 0 Å². The molecule has 0 radical (unpaired) electrons. The predicted molar refractivity (Wildman–Crippen MR) is 105 cm³/mol. The fourth-order valence-electron chi connectivity index (χ4n) is 3.28. The molecule has 6 heteroatoms. The Labute approximate surface area is 154 Å². The summed E-state index contributed by atoms with van der Waals surface area (Å²) in [5, 5.41) is 5.48. The summed E-state index contributed by atoms with van der Waals surface area (Å²) < 4.78 is 0. The quantitative estimate of drug-likeness (QED) is 0.426. The van der Waals surface area contributed by atoms with Crippen molar-refractivity contribution in [3.05, 3.63) is 22.4 Å². The minimum absolute atomic E-state index is 0. The zero-order valence-electron chi connectivity index (χ0n) is 13.0. The molecule has 1 saturated heterocycles. The number of nitrogens with zero attached hydrogens (tertiary/aromatic N) is 2. The molecule has 0 spiro atoms. The number of guanidine groups is 1. The third kappa shape index (κ3) is 5.09. The van der Waals surface area contributed by atoms with E-state index < -0.39 is 0 Å². The van der Waals surface area contributed by atoms with Gasteiger partial charge in [-0.2, -0.15) is 0 Å². The number of piperidine rings is 1. The lowest BCUT2D eigenvalue weighted by Crippen LogP contribution is -2.56. The van der Waals surface area contributed by atoms with E-state index in [0.29, 0.717) is 12.0 Å². The van der Waals surface area contributed by atoms with Crippen molar-refractivity contribution in [3.8, 4) is 0 Å². The lowest BCUT2D eigenvalue weighted by molar-refractivity contribution is 0.0846. The number of aliphatic imine (C=N–C) groups is 1. The molecular formula is C16H27IN4S. The average Bonchev–Trinajstić information content (AvgIpc) is 2.96. The lowest BCUT2D eigenvalue weighted by Gasteiger charge is -2.44. The van der Waals surface area contributed by atoms with Crippen LogP contribution in [0.1, 0.15) is 37.0 Å². The summed E-state index contributed by atoms with van der Waals surface area (Å²) in [5.41, 5.74) is 5.98. The van der Waals surface area contributed by atoms with Gasteiger partial charge in [0, 0.05) is 29.9 Å². The van der Waals surface area contributed by atoms with Crippen LogP contribution in [-0.4, -0.2) is 42.6 Å². The van der Waals surface area contributed by atoms with Gasteiger partial charge in [-0.25, -0.2) is 0 Å². The standard InChI is InChI=1S/C16H26N4S.HI/c17-16(18-7-6-15-5-4-10-21-15)19-13-11-14(12-13)20-8-2-1-3-9-20;/h4-5,10,13-14H,1-3,6-9,11-12H2,(H3,17,18,19);1H. The number of nitrogens with two attached hydrogens (primary N) is 1. The van der Waals surface area contributed by atoms with Gasteiger partial charge >= 0.3 is 0 Å². The summed E-state index contributed by atoms with van der Waals surface area (Å²) in [4.78, 5) is 8.47. The second kappa shape index (κ2) is 9.08. The number of hydrogen-bond acceptors (Lipinski definition) is 3. The van der Waals surface area contributed by atoms with E-state index >= 15 is 0 Å². The van der Waals surface area contributed by atoms with Gasteiger partial charge in [-0.15, -0.1) is 35.3 Å². The number of likely N-dealkylation sites (tertiary alicyclic amines) is 1. The Morgan fingerprint density at radius 3 is 2.77 bits per heavy atom. The number of halogens is 1. The molecule has 124 valence electrons. The molecule has 2 fully saturated rings. The number of nitrogens with one attached hydrogen (secondary N) is 1. The second-order valence-electron chi connectivity index (χ2n) is 6.16. The van der Waals surface area contributed by atoms with E-state index in [1.807, 2.05) is 0 Å². The van der Waals surface area contributed by atoms with Crippen molar-refractivity contribution >= 4 is 41.3 Å². The molecule has 1 aliphatic heterocycles. The van der Waals surface area contributed by atoms with E-state index in [1.54, 1.807) is 11.3 Å². The summed E-state index contributed by atoms with van der Waals surface area (Å²) in [5.74, 6) is 0.619. The topological polar surface area (TPSA) is 53.6 Å². The zero-order chi connectivity index (χ0) is 14.5. The van der Waals surface area contributed by atoms with Gasteiger partial charge < -0.3 is 16.0 Å². The molecule has 22 heavy (non-hydrogen) atoms. The fraction of sp³-hybridized carbons (Fsp3) is 0.688. The number of hydrogen-bond donors (Lipinski definition) is 2. The zero-order valence-corrected chi connectivity index (χ0v) is 16.2. The molecule has 1 aliphatic carbocycles. The van der Waals surface area contributed by atoms with Crippen LogP contribution in [0.2, 0.25) is 0 Å². The van der Waals surface area contributed by atoms with Gasteiger partial charge in [-0.1, -0.05) is 12.5 Å². The van der Waals surface area contributed by atoms with E-state index in [4.69, 9.17) is 5.73 Å². The van der Waals surface area contributed by atoms with Gasteiger partial charge in [-0.3, -0.25) is 4.99 Å². The van der Waals surface area contributed by atoms with E-state index in [1.165, 1.54) is 50.1 Å². The maximum Gasteiger partial charge on any atom is 0.188 e. The highest BCUT2D eigenvalue weighted by atomic mass is 127. The van der Waals surface area contributed by atoms with Gasteiger partial charge in [0.2, 0.25) is 0 Å². The summed E-state index contributed by atoms with van der Waals surface area (Å²) in [6.07, 6.45) is 7.60. The van der Waals surface area contributed by atoms with Crippen molar-refractivity contribution < 1.29 is 0 Å². The van der Waals surface area contributed by atoms with E-state index in [0.717, 1.165) is 19.0 Å². The minimum atomic E-state index is 0. The average molecular weight is 434 g/mol. The van der Waals surface area contributed by atoms with Crippen molar-refractivity contribution in [2.75, 3.05) is 19.6 Å². The Kier molecular flexibility index (Phi) is 7.43. The maximum absolute atomic E-state index is 5.98. The first-order chi connectivity index (χ1) is 10.3. The predicted octanol–water partition coefficient (Wildman–Crippen LogP) is 2.83. The molecule has 2 aliphatic rings. The minimum Gasteiger partial charge on any atom is -0.370 e. The van der Waals surface area contributed by atoms with Crippen molar-refractivity contribution in [1.82, 2.24) is 10.2 Å². The van der Waals surface area contributed by atoms with Crippen LogP contribution in [0.5, 0.6) is 0 Å². The smallest absolute Gasteiger partial charge is 0.188 e. The molecule has 1 saturated carbocycles. The molecular weight excluding hydrogens is 407 g/mol. The molecule has 3 N–H and O–H groups in total. The highest BCUT2D eigenvalue weighted by Gasteiger charge is 2.34. The van der Waals surface area contributed by atoms with Gasteiger partial charge in [0.25, 0.3) is 0 Å². The van der Waals surface area contributed by atoms with Crippen molar-refractivity contribution in [1.29, 1.82) is 0 Å². The molecule has 3 rings (SSSR count). The summed E-state index contributed by atoms with van der Waals surface area (Å²) in [6, 6.07) is 5.54. The van der Waals surface area contributed by atoms with Crippen LogP contribution >= 0.6 is 35.3 Å². The molecule has 4 nitrogen and oxygen atoms in total. The molecule has 0 atom stereocenters. The molecule has 0 amide bonds. The Morgan fingerprint density at radius 2 is 2.09 bits per heavy atom. The third-order valence-corrected chi connectivity index (χ3v) is 5.53. The monoisotopic (exact) mass is 434 g/mol. The molecule has 0 aromatic carbocycles. The van der Waals surface area contributed by atoms with Crippen LogP contribution < -0.4 is 11.1 Å². The Balaban J connectivity index is 0.00000176. The van der Waals surface area contributed by atoms with E-state index in [-0.39, 0.29) is 24.0 Å². The largest absolute Gasteiger partial charge is 0.370 e. The van der Waals surface area contributed by atoms with Crippen LogP contribution in [0, 0.1) is 0 Å². The Morgan fingerprint density at radius 1 is 1.32 bits per heavy atom. The summed E-state index contributed by atoms with van der Waals surface area (Å²) in [6.45, 7) is 3.37. The lowest BCUT2D eigenvalue weighted by atomic mass is 9.84. The van der Waals surface area contributed by atoms with Crippen molar-refractivity contribution in [3.63, 3.8) is 0 Å². The third-order valence-electron chi connectivity index (χ3n) is 4.59. The maximum atomic E-state index is 5.98. The Hall–Kier alpha value is -0.340. The first kappa shape index (κ1) is 18.0. The van der Waals surface area contributed by atoms with E-state index in [9.17, 15) is 0 Å². The van der Waals surface area contributed by atoms with Crippen molar-refractivity contribution in [2.45, 2.75) is 50.6 Å². The number of rotatable bonds is 5. The molecule has 1 aromatic rings. The van der Waals surface area contributed by atoms with Gasteiger partial charge in [0.15, 0.2) is 5.96 Å². The van der Waals surface area contributed by atoms with Gasteiger partial charge in [-0.05, 0) is 50.2 Å². The molecule has 2 heterocycles. The summed E-state index contributed by atoms with van der Waals surface area (Å²) >= 11 is 1.78. The van der Waals surface area contributed by atoms with Crippen molar-refractivity contribution in [2.24, 2.45) is 10.7 Å². The van der Waals surface area contributed by atoms with Crippen LogP contribution in [0.25, 0.3) is 0 Å². The first-order valence-electron chi connectivity index (χ1n) is 8.14. The normalized spacial score (nSPS) is 26.1. The summed E-state index contributed by atoms with van der Waals surface area (Å²) in [7, 11) is 0. The molecule has 0 unspecified atom stereocenters. The SMILES string of the molecule is I.NC(=NCCc1cccs1)NC1CC(N2CCCCC2)C1. The van der Waals surface area contributed by atoms with Gasteiger partial charge in [0.1, 0.15) is 0 Å². The van der Waals surface area contributed by atoms with Crippen LogP contribution in [0.3, 0.4) is 0 Å². The second-order valence-corrected chi connectivity index (χ2v) is 7.19. The number of thiophene rings is 1. The highest BCUT2D eigenvalue weighted by molar-refractivity contribution is 14.0. The fourth-order valence-corrected chi connectivity index (χ4v) is 3.98.